The predicted molar refractivity (Wildman–Crippen MR) is 161 cm³/mol. The Morgan fingerprint density at radius 2 is 1.65 bits per heavy atom. The molecule has 0 aromatic heterocycles. The summed E-state index contributed by atoms with van der Waals surface area (Å²) in [5.74, 6) is 0.400. The van der Waals surface area contributed by atoms with E-state index in [0.717, 1.165) is 22.4 Å². The SMILES string of the molecule is COc1ccc(CO[C@@H]2CC[C@@H](CCC(=O)N3C(=O)OCC3Cc3ccccc3)N(S(=O)(=O)c3ccc(C)cc3)C2)cc1. The Kier molecular flexibility index (Phi) is 9.79. The normalized spacial score (nSPS) is 21.0. The molecule has 0 saturated carbocycles. The van der Waals surface area contributed by atoms with Gasteiger partial charge in [-0.25, -0.2) is 18.1 Å². The van der Waals surface area contributed by atoms with Crippen molar-refractivity contribution >= 4 is 22.0 Å². The molecule has 1 unspecified atom stereocenters. The van der Waals surface area contributed by atoms with Crippen LogP contribution >= 0.6 is 0 Å². The number of imide groups is 1. The van der Waals surface area contributed by atoms with Crippen molar-refractivity contribution in [3.05, 3.63) is 95.6 Å². The molecular formula is C33H38N2O7S. The van der Waals surface area contributed by atoms with Crippen LogP contribution in [0.5, 0.6) is 5.75 Å². The molecule has 9 nitrogen and oxygen atoms in total. The van der Waals surface area contributed by atoms with Crippen molar-refractivity contribution in [1.29, 1.82) is 0 Å². The van der Waals surface area contributed by atoms with E-state index in [-0.39, 0.29) is 42.9 Å². The van der Waals surface area contributed by atoms with Gasteiger partial charge in [0, 0.05) is 19.0 Å². The van der Waals surface area contributed by atoms with Gasteiger partial charge in [0.15, 0.2) is 0 Å². The van der Waals surface area contributed by atoms with Crippen molar-refractivity contribution in [2.24, 2.45) is 0 Å². The Balaban J connectivity index is 1.28. The number of amides is 2. The maximum Gasteiger partial charge on any atom is 0.416 e. The highest BCUT2D eigenvalue weighted by atomic mass is 32.2. The van der Waals surface area contributed by atoms with Gasteiger partial charge in [-0.05, 0) is 68.0 Å². The van der Waals surface area contributed by atoms with Gasteiger partial charge >= 0.3 is 6.09 Å². The summed E-state index contributed by atoms with van der Waals surface area (Å²) in [6, 6.07) is 23.2. The van der Waals surface area contributed by atoms with E-state index in [1.807, 2.05) is 61.5 Å². The summed E-state index contributed by atoms with van der Waals surface area (Å²) in [6.45, 7) is 2.57. The number of hydrogen-bond acceptors (Lipinski definition) is 7. The first-order chi connectivity index (χ1) is 20.7. The molecule has 3 aromatic rings. The molecule has 3 aromatic carbocycles. The van der Waals surface area contributed by atoms with Crippen LogP contribution < -0.4 is 4.74 Å². The fourth-order valence-corrected chi connectivity index (χ4v) is 7.39. The summed E-state index contributed by atoms with van der Waals surface area (Å²) in [4.78, 5) is 27.3. The first-order valence-electron chi connectivity index (χ1n) is 14.6. The number of piperidine rings is 1. The lowest BCUT2D eigenvalue weighted by Gasteiger charge is -2.38. The third-order valence-corrected chi connectivity index (χ3v) is 10.1. The van der Waals surface area contributed by atoms with E-state index >= 15 is 0 Å². The largest absolute Gasteiger partial charge is 0.497 e. The molecule has 2 heterocycles. The second kappa shape index (κ2) is 13.7. The molecular weight excluding hydrogens is 568 g/mol. The van der Waals surface area contributed by atoms with Gasteiger partial charge in [-0.3, -0.25) is 4.79 Å². The Morgan fingerprint density at radius 1 is 0.930 bits per heavy atom. The molecule has 228 valence electrons. The molecule has 3 atom stereocenters. The topological polar surface area (TPSA) is 102 Å². The van der Waals surface area contributed by atoms with Gasteiger partial charge in [0.2, 0.25) is 15.9 Å². The van der Waals surface area contributed by atoms with E-state index in [9.17, 15) is 18.0 Å². The van der Waals surface area contributed by atoms with E-state index in [1.165, 1.54) is 9.21 Å². The number of ether oxygens (including phenoxy) is 3. The highest BCUT2D eigenvalue weighted by Gasteiger charge is 2.40. The van der Waals surface area contributed by atoms with Gasteiger partial charge in [-0.2, -0.15) is 4.31 Å². The van der Waals surface area contributed by atoms with Crippen molar-refractivity contribution in [3.63, 3.8) is 0 Å². The van der Waals surface area contributed by atoms with Gasteiger partial charge in [0.05, 0.1) is 30.8 Å². The van der Waals surface area contributed by atoms with Crippen LogP contribution in [0.3, 0.4) is 0 Å². The van der Waals surface area contributed by atoms with Gasteiger partial charge in [0.25, 0.3) is 0 Å². The fraction of sp³-hybridized carbons (Fsp3) is 0.394. The number of nitrogens with zero attached hydrogens (tertiary/aromatic N) is 2. The Labute approximate surface area is 253 Å². The smallest absolute Gasteiger partial charge is 0.416 e. The zero-order valence-electron chi connectivity index (χ0n) is 24.6. The van der Waals surface area contributed by atoms with Crippen molar-refractivity contribution in [1.82, 2.24) is 9.21 Å². The maximum atomic E-state index is 13.9. The van der Waals surface area contributed by atoms with E-state index < -0.39 is 28.2 Å². The minimum absolute atomic E-state index is 0.0301. The molecule has 0 aliphatic carbocycles. The molecule has 2 aliphatic rings. The number of sulfonamides is 1. The van der Waals surface area contributed by atoms with Gasteiger partial charge in [-0.15, -0.1) is 0 Å². The number of aryl methyl sites for hydroxylation is 1. The lowest BCUT2D eigenvalue weighted by Crippen LogP contribution is -2.50. The quantitative estimate of drug-likeness (QED) is 0.299. The molecule has 2 saturated heterocycles. The van der Waals surface area contributed by atoms with Crippen molar-refractivity contribution in [2.45, 2.75) is 68.7 Å². The van der Waals surface area contributed by atoms with E-state index in [1.54, 1.807) is 31.4 Å². The molecule has 0 bridgehead atoms. The van der Waals surface area contributed by atoms with Crippen LogP contribution in [0.1, 0.15) is 42.4 Å². The summed E-state index contributed by atoms with van der Waals surface area (Å²) in [5, 5.41) is 0. The standard InChI is InChI=1S/C33H38N2O7S/c1-24-8-17-31(18-9-24)43(38,39)34-21-30(41-22-26-10-14-29(40-2)15-11-26)16-12-27(34)13-19-32(36)35-28(23-42-33(35)37)20-25-6-4-3-5-7-25/h3-11,14-15,17-18,27-28,30H,12-13,16,19-23H2,1-2H3/t27-,28?,30+/m0/s1. The number of rotatable bonds is 11. The van der Waals surface area contributed by atoms with Crippen LogP contribution in [-0.4, -0.2) is 68.1 Å². The third-order valence-electron chi connectivity index (χ3n) is 8.12. The lowest BCUT2D eigenvalue weighted by molar-refractivity contribution is -0.129. The Morgan fingerprint density at radius 3 is 2.35 bits per heavy atom. The summed E-state index contributed by atoms with van der Waals surface area (Å²) in [7, 11) is -2.25. The monoisotopic (exact) mass is 606 g/mol. The Hall–Kier alpha value is -3.73. The Bertz CT molecular complexity index is 1490. The van der Waals surface area contributed by atoms with Crippen LogP contribution in [0.25, 0.3) is 0 Å². The first kappa shape index (κ1) is 30.7. The molecule has 2 aliphatic heterocycles. The number of methoxy groups -OCH3 is 1. The summed E-state index contributed by atoms with van der Waals surface area (Å²) in [6.07, 6.45) is 1.05. The van der Waals surface area contributed by atoms with E-state index in [0.29, 0.717) is 25.9 Å². The van der Waals surface area contributed by atoms with Crippen LogP contribution in [0, 0.1) is 6.92 Å². The lowest BCUT2D eigenvalue weighted by atomic mass is 9.98. The van der Waals surface area contributed by atoms with Crippen LogP contribution in [0.4, 0.5) is 4.79 Å². The van der Waals surface area contributed by atoms with Crippen LogP contribution in [0.2, 0.25) is 0 Å². The minimum atomic E-state index is -3.86. The number of carbonyl (C=O) groups excluding carboxylic acids is 2. The predicted octanol–water partition coefficient (Wildman–Crippen LogP) is 5.11. The number of hydrogen-bond donors (Lipinski definition) is 0. The summed E-state index contributed by atoms with van der Waals surface area (Å²) < 4.78 is 45.9. The first-order valence-corrected chi connectivity index (χ1v) is 16.0. The number of carbonyl (C=O) groups is 2. The average Bonchev–Trinajstić information content (AvgIpc) is 3.39. The van der Waals surface area contributed by atoms with Gasteiger partial charge in [-0.1, -0.05) is 60.2 Å². The highest BCUT2D eigenvalue weighted by Crippen LogP contribution is 2.31. The van der Waals surface area contributed by atoms with Crippen LogP contribution in [-0.2, 0) is 37.3 Å². The van der Waals surface area contributed by atoms with E-state index in [4.69, 9.17) is 14.2 Å². The second-order valence-electron chi connectivity index (χ2n) is 11.1. The second-order valence-corrected chi connectivity index (χ2v) is 13.0. The molecule has 2 amide bonds. The van der Waals surface area contributed by atoms with E-state index in [2.05, 4.69) is 0 Å². The third kappa shape index (κ3) is 7.44. The molecule has 0 radical (unpaired) electrons. The van der Waals surface area contributed by atoms with Crippen molar-refractivity contribution in [2.75, 3.05) is 20.3 Å². The average molecular weight is 607 g/mol. The molecule has 5 rings (SSSR count). The number of benzene rings is 3. The zero-order valence-corrected chi connectivity index (χ0v) is 25.4. The van der Waals surface area contributed by atoms with Gasteiger partial charge < -0.3 is 14.2 Å². The van der Waals surface area contributed by atoms with Crippen LogP contribution in [0.15, 0.2) is 83.8 Å². The molecule has 0 N–H and O–H groups in total. The molecule has 0 spiro atoms. The maximum absolute atomic E-state index is 13.9. The highest BCUT2D eigenvalue weighted by molar-refractivity contribution is 7.89. The zero-order chi connectivity index (χ0) is 30.4. The summed E-state index contributed by atoms with van der Waals surface area (Å²) in [5.41, 5.74) is 2.93. The van der Waals surface area contributed by atoms with Crippen molar-refractivity contribution in [3.8, 4) is 5.75 Å². The molecule has 43 heavy (non-hydrogen) atoms. The van der Waals surface area contributed by atoms with Crippen molar-refractivity contribution < 1.29 is 32.2 Å². The fourth-order valence-electron chi connectivity index (χ4n) is 5.68. The molecule has 2 fully saturated rings. The van der Waals surface area contributed by atoms with Gasteiger partial charge in [0.1, 0.15) is 12.4 Å². The molecule has 10 heteroatoms. The minimum Gasteiger partial charge on any atom is -0.497 e. The summed E-state index contributed by atoms with van der Waals surface area (Å²) >= 11 is 0. The number of cyclic esters (lactones) is 1.